The Morgan fingerprint density at radius 3 is 2.78 bits per heavy atom. The maximum atomic E-state index is 12.3. The molecule has 0 bridgehead atoms. The first-order valence-corrected chi connectivity index (χ1v) is 9.09. The average molecular weight is 383 g/mol. The first kappa shape index (κ1) is 18.5. The number of anilines is 1. The van der Waals surface area contributed by atoms with Gasteiger partial charge in [-0.05, 0) is 18.1 Å². The molecule has 0 radical (unpaired) electrons. The smallest absolute Gasteiger partial charge is 0.358 e. The van der Waals surface area contributed by atoms with Gasteiger partial charge in [0.25, 0.3) is 5.69 Å². The molecule has 0 saturated carbocycles. The summed E-state index contributed by atoms with van der Waals surface area (Å²) in [5.74, 6) is -0.571. The van der Waals surface area contributed by atoms with Crippen LogP contribution in [0.4, 0.5) is 10.8 Å². The van der Waals surface area contributed by atoms with Gasteiger partial charge in [-0.15, -0.1) is 11.3 Å². The van der Waals surface area contributed by atoms with Crippen molar-refractivity contribution in [3.8, 4) is 0 Å². The van der Waals surface area contributed by atoms with Gasteiger partial charge in [0.1, 0.15) is 6.10 Å². The molecule has 0 amide bonds. The first-order valence-electron chi connectivity index (χ1n) is 8.21. The lowest BCUT2D eigenvalue weighted by Gasteiger charge is -2.12. The van der Waals surface area contributed by atoms with Crippen LogP contribution in [0, 0.1) is 10.1 Å². The van der Waals surface area contributed by atoms with Crippen LogP contribution in [0.3, 0.4) is 0 Å². The number of hydrogen-bond donors (Lipinski definition) is 1. The molecule has 3 rings (SSSR count). The summed E-state index contributed by atoms with van der Waals surface area (Å²) in [6.45, 7) is 2.27. The zero-order valence-electron chi connectivity index (χ0n) is 14.5. The molecule has 0 aliphatic carbocycles. The van der Waals surface area contributed by atoms with E-state index in [1.807, 2.05) is 30.3 Å². The summed E-state index contributed by atoms with van der Waals surface area (Å²) >= 11 is 1.31. The van der Waals surface area contributed by atoms with Crippen LogP contribution < -0.4 is 5.32 Å². The van der Waals surface area contributed by atoms with Gasteiger partial charge in [0.2, 0.25) is 0 Å². The number of esters is 1. The molecule has 0 saturated heterocycles. The number of thiazole rings is 1. The maximum absolute atomic E-state index is 12.3. The number of nitro groups is 1. The molecule has 2 aromatic carbocycles. The quantitative estimate of drug-likeness (QED) is 0.364. The van der Waals surface area contributed by atoms with E-state index in [0.29, 0.717) is 17.2 Å². The number of carbonyl (C=O) groups is 1. The number of ether oxygens (including phenoxy) is 1. The summed E-state index contributed by atoms with van der Waals surface area (Å²) in [5, 5.41) is 16.3. The van der Waals surface area contributed by atoms with Crippen molar-refractivity contribution in [1.29, 1.82) is 0 Å². The van der Waals surface area contributed by atoms with E-state index < -0.39 is 17.0 Å². The Hall–Kier alpha value is -3.26. The first-order chi connectivity index (χ1) is 13.0. The lowest BCUT2D eigenvalue weighted by atomic mass is 10.1. The summed E-state index contributed by atoms with van der Waals surface area (Å²) in [6.07, 6.45) is -0.625. The number of rotatable bonds is 7. The molecule has 7 nitrogen and oxygen atoms in total. The van der Waals surface area contributed by atoms with Crippen LogP contribution >= 0.6 is 11.3 Å². The van der Waals surface area contributed by atoms with Crippen LogP contribution in [0.1, 0.15) is 34.6 Å². The number of non-ortho nitro benzene ring substituents is 1. The standard InChI is InChI=1S/C19H17N3O4S/c1-13(15-8-5-9-16(10-15)22(24)25)26-18(23)17-12-27-19(21-17)20-11-14-6-3-2-4-7-14/h2-10,12-13H,11H2,1H3,(H,20,21). The minimum Gasteiger partial charge on any atom is -0.453 e. The molecule has 0 aliphatic rings. The summed E-state index contributed by atoms with van der Waals surface area (Å²) in [6, 6.07) is 15.9. The fourth-order valence-electron chi connectivity index (χ4n) is 2.40. The van der Waals surface area contributed by atoms with Crippen molar-refractivity contribution in [2.45, 2.75) is 19.6 Å². The molecular formula is C19H17N3O4S. The molecule has 0 aliphatic heterocycles. The van der Waals surface area contributed by atoms with Gasteiger partial charge in [-0.2, -0.15) is 0 Å². The zero-order chi connectivity index (χ0) is 19.2. The van der Waals surface area contributed by atoms with E-state index in [1.165, 1.54) is 23.5 Å². The van der Waals surface area contributed by atoms with Crippen molar-refractivity contribution in [2.24, 2.45) is 0 Å². The van der Waals surface area contributed by atoms with Crippen molar-refractivity contribution < 1.29 is 14.5 Å². The van der Waals surface area contributed by atoms with Gasteiger partial charge in [0.05, 0.1) is 4.92 Å². The van der Waals surface area contributed by atoms with Gasteiger partial charge in [-0.1, -0.05) is 42.5 Å². The lowest BCUT2D eigenvalue weighted by Crippen LogP contribution is -2.10. The van der Waals surface area contributed by atoms with E-state index in [4.69, 9.17) is 4.74 Å². The highest BCUT2D eigenvalue weighted by atomic mass is 32.1. The molecule has 0 fully saturated rings. The van der Waals surface area contributed by atoms with Crippen molar-refractivity contribution in [2.75, 3.05) is 5.32 Å². The predicted octanol–water partition coefficient (Wildman–Crippen LogP) is 4.58. The third kappa shape index (κ3) is 4.89. The topological polar surface area (TPSA) is 94.4 Å². The highest BCUT2D eigenvalue weighted by Gasteiger charge is 2.18. The molecule has 138 valence electrons. The highest BCUT2D eigenvalue weighted by Crippen LogP contribution is 2.24. The summed E-state index contributed by atoms with van der Waals surface area (Å²) in [7, 11) is 0. The Balaban J connectivity index is 1.60. The van der Waals surface area contributed by atoms with Crippen LogP contribution in [-0.4, -0.2) is 15.9 Å². The Bertz CT molecular complexity index is 943. The molecule has 27 heavy (non-hydrogen) atoms. The van der Waals surface area contributed by atoms with E-state index >= 15 is 0 Å². The van der Waals surface area contributed by atoms with Gasteiger partial charge in [0.15, 0.2) is 10.8 Å². The fourth-order valence-corrected chi connectivity index (χ4v) is 3.08. The molecule has 1 aromatic heterocycles. The number of hydrogen-bond acceptors (Lipinski definition) is 7. The van der Waals surface area contributed by atoms with Gasteiger partial charge >= 0.3 is 5.97 Å². The molecule has 1 heterocycles. The van der Waals surface area contributed by atoms with Crippen LogP contribution in [-0.2, 0) is 11.3 Å². The second kappa shape index (κ2) is 8.41. The predicted molar refractivity (Wildman–Crippen MR) is 103 cm³/mol. The molecule has 1 N–H and O–H groups in total. The Kier molecular flexibility index (Phi) is 5.77. The second-order valence-corrected chi connectivity index (χ2v) is 6.63. The van der Waals surface area contributed by atoms with Crippen molar-refractivity contribution >= 4 is 28.1 Å². The number of nitrogens with one attached hydrogen (secondary N) is 1. The van der Waals surface area contributed by atoms with E-state index in [2.05, 4.69) is 10.3 Å². The highest BCUT2D eigenvalue weighted by molar-refractivity contribution is 7.13. The lowest BCUT2D eigenvalue weighted by molar-refractivity contribution is -0.385. The summed E-state index contributed by atoms with van der Waals surface area (Å²) in [4.78, 5) is 26.9. The normalized spacial score (nSPS) is 11.6. The van der Waals surface area contributed by atoms with Crippen LogP contribution in [0.2, 0.25) is 0 Å². The van der Waals surface area contributed by atoms with Crippen LogP contribution in [0.5, 0.6) is 0 Å². The van der Waals surface area contributed by atoms with Gasteiger partial charge in [0, 0.05) is 24.1 Å². The van der Waals surface area contributed by atoms with E-state index in [9.17, 15) is 14.9 Å². The minimum atomic E-state index is -0.625. The molecular weight excluding hydrogens is 366 g/mol. The van der Waals surface area contributed by atoms with Crippen molar-refractivity contribution in [1.82, 2.24) is 4.98 Å². The van der Waals surface area contributed by atoms with E-state index in [1.54, 1.807) is 24.4 Å². The minimum absolute atomic E-state index is 0.0449. The number of aromatic nitrogens is 1. The van der Waals surface area contributed by atoms with E-state index in [0.717, 1.165) is 5.56 Å². The number of nitro benzene ring substituents is 1. The zero-order valence-corrected chi connectivity index (χ0v) is 15.3. The number of carbonyl (C=O) groups excluding carboxylic acids is 1. The molecule has 0 spiro atoms. The van der Waals surface area contributed by atoms with Crippen molar-refractivity contribution in [3.05, 3.63) is 86.9 Å². The third-order valence-corrected chi connectivity index (χ3v) is 4.63. The Morgan fingerprint density at radius 1 is 1.26 bits per heavy atom. The van der Waals surface area contributed by atoms with Gasteiger partial charge in [-0.25, -0.2) is 9.78 Å². The van der Waals surface area contributed by atoms with Crippen molar-refractivity contribution in [3.63, 3.8) is 0 Å². The van der Waals surface area contributed by atoms with Gasteiger partial charge in [-0.3, -0.25) is 10.1 Å². The van der Waals surface area contributed by atoms with Gasteiger partial charge < -0.3 is 10.1 Å². The number of benzene rings is 2. The SMILES string of the molecule is CC(OC(=O)c1csc(NCc2ccccc2)n1)c1cccc([N+](=O)[O-])c1. The third-order valence-electron chi connectivity index (χ3n) is 3.83. The summed E-state index contributed by atoms with van der Waals surface area (Å²) < 4.78 is 5.39. The van der Waals surface area contributed by atoms with Crippen LogP contribution in [0.15, 0.2) is 60.0 Å². The van der Waals surface area contributed by atoms with Crippen LogP contribution in [0.25, 0.3) is 0 Å². The monoisotopic (exact) mass is 383 g/mol. The van der Waals surface area contributed by atoms with E-state index in [-0.39, 0.29) is 11.4 Å². The largest absolute Gasteiger partial charge is 0.453 e. The molecule has 3 aromatic rings. The molecule has 1 atom stereocenters. The molecule has 8 heteroatoms. The Labute approximate surface area is 159 Å². The molecule has 1 unspecified atom stereocenters. The summed E-state index contributed by atoms with van der Waals surface area (Å²) in [5.41, 5.74) is 1.82. The average Bonchev–Trinajstić information content (AvgIpc) is 3.16. The fraction of sp³-hybridized carbons (Fsp3) is 0.158. The maximum Gasteiger partial charge on any atom is 0.358 e. The second-order valence-electron chi connectivity index (χ2n) is 5.78. The number of nitrogens with zero attached hydrogens (tertiary/aromatic N) is 2. The Morgan fingerprint density at radius 2 is 2.04 bits per heavy atom.